The molecule has 34 heavy (non-hydrogen) atoms. The van der Waals surface area contributed by atoms with Gasteiger partial charge < -0.3 is 19.6 Å². The van der Waals surface area contributed by atoms with Gasteiger partial charge in [0.15, 0.2) is 0 Å². The molecule has 1 aliphatic rings. The molecule has 2 heterocycles. The van der Waals surface area contributed by atoms with E-state index in [9.17, 15) is 14.7 Å². The molecule has 1 saturated heterocycles. The summed E-state index contributed by atoms with van der Waals surface area (Å²) < 4.78 is 5.84. The van der Waals surface area contributed by atoms with Gasteiger partial charge in [-0.05, 0) is 67.4 Å². The van der Waals surface area contributed by atoms with Gasteiger partial charge in [0.2, 0.25) is 0 Å². The van der Waals surface area contributed by atoms with Crippen molar-refractivity contribution in [3.05, 3.63) is 65.0 Å². The van der Waals surface area contributed by atoms with Crippen LogP contribution in [0.4, 0.5) is 0 Å². The summed E-state index contributed by atoms with van der Waals surface area (Å²) in [5.74, 6) is -0.319. The number of likely N-dealkylation sites (N-methyl/N-ethyl adjacent to an activating group) is 1. The summed E-state index contributed by atoms with van der Waals surface area (Å²) in [4.78, 5) is 34.1. The predicted octanol–water partition coefficient (Wildman–Crippen LogP) is 4.19. The Bertz CT molecular complexity index is 1050. The SMILES string of the molecule is CCN(CC)CCN1C(=O)C(=O)/C(=C(/O)c2ccc(OCC(C)C)c(C)c2)[C@H]1c1ccncc1. The molecule has 1 aromatic carbocycles. The zero-order valence-electron chi connectivity index (χ0n) is 20.7. The van der Waals surface area contributed by atoms with Crippen molar-refractivity contribution >= 4 is 17.4 Å². The highest BCUT2D eigenvalue weighted by Gasteiger charge is 2.46. The number of ether oxygens (including phenoxy) is 1. The second-order valence-electron chi connectivity index (χ2n) is 8.99. The van der Waals surface area contributed by atoms with Gasteiger partial charge in [0.1, 0.15) is 11.5 Å². The van der Waals surface area contributed by atoms with E-state index in [4.69, 9.17) is 4.74 Å². The summed E-state index contributed by atoms with van der Waals surface area (Å²) >= 11 is 0. The number of nitrogens with zero attached hydrogens (tertiary/aromatic N) is 3. The molecular formula is C27H35N3O4. The van der Waals surface area contributed by atoms with Gasteiger partial charge in [-0.15, -0.1) is 0 Å². The number of benzene rings is 1. The molecule has 1 amide bonds. The van der Waals surface area contributed by atoms with Gasteiger partial charge in [-0.3, -0.25) is 14.6 Å². The third kappa shape index (κ3) is 5.47. The topological polar surface area (TPSA) is 83.0 Å². The maximum absolute atomic E-state index is 13.2. The van der Waals surface area contributed by atoms with Crippen molar-refractivity contribution in [1.29, 1.82) is 0 Å². The van der Waals surface area contributed by atoms with Crippen LogP contribution in [0.2, 0.25) is 0 Å². The molecule has 2 aromatic rings. The largest absolute Gasteiger partial charge is 0.507 e. The van der Waals surface area contributed by atoms with E-state index in [2.05, 4.69) is 37.6 Å². The van der Waals surface area contributed by atoms with Gasteiger partial charge in [0.25, 0.3) is 11.7 Å². The fraction of sp³-hybridized carbons (Fsp3) is 0.444. The van der Waals surface area contributed by atoms with Crippen LogP contribution >= 0.6 is 0 Å². The molecule has 3 rings (SSSR count). The highest BCUT2D eigenvalue weighted by Crippen LogP contribution is 2.39. The van der Waals surface area contributed by atoms with E-state index in [-0.39, 0.29) is 11.3 Å². The van der Waals surface area contributed by atoms with E-state index in [0.29, 0.717) is 31.2 Å². The van der Waals surface area contributed by atoms with E-state index in [1.54, 1.807) is 47.6 Å². The molecule has 1 aliphatic heterocycles. The molecule has 0 aliphatic carbocycles. The summed E-state index contributed by atoms with van der Waals surface area (Å²) in [5, 5.41) is 11.3. The fourth-order valence-electron chi connectivity index (χ4n) is 4.16. The highest BCUT2D eigenvalue weighted by molar-refractivity contribution is 6.46. The number of Topliss-reactive ketones (excluding diaryl/α,β-unsaturated/α-hetero) is 1. The molecule has 0 spiro atoms. The average Bonchev–Trinajstić information content (AvgIpc) is 3.08. The first-order valence-corrected chi connectivity index (χ1v) is 11.9. The number of aliphatic hydroxyl groups excluding tert-OH is 1. The number of aromatic nitrogens is 1. The minimum Gasteiger partial charge on any atom is -0.507 e. The number of hydrogen-bond acceptors (Lipinski definition) is 6. The maximum atomic E-state index is 13.2. The number of ketones is 1. The van der Waals surface area contributed by atoms with E-state index in [0.717, 1.165) is 30.0 Å². The lowest BCUT2D eigenvalue weighted by molar-refractivity contribution is -0.140. The van der Waals surface area contributed by atoms with E-state index >= 15 is 0 Å². The Kier molecular flexibility index (Phi) is 8.45. The number of amides is 1. The second kappa shape index (κ2) is 11.3. The number of likely N-dealkylation sites (tertiary alicyclic amines) is 1. The Morgan fingerprint density at radius 1 is 1.15 bits per heavy atom. The van der Waals surface area contributed by atoms with Crippen LogP contribution in [0.1, 0.15) is 50.4 Å². The van der Waals surface area contributed by atoms with Gasteiger partial charge in [-0.1, -0.05) is 27.7 Å². The highest BCUT2D eigenvalue weighted by atomic mass is 16.5. The van der Waals surface area contributed by atoms with Crippen molar-refractivity contribution < 1.29 is 19.4 Å². The monoisotopic (exact) mass is 465 g/mol. The van der Waals surface area contributed by atoms with Crippen LogP contribution in [-0.2, 0) is 9.59 Å². The first kappa shape index (κ1) is 25.4. The van der Waals surface area contributed by atoms with Crippen molar-refractivity contribution in [1.82, 2.24) is 14.8 Å². The van der Waals surface area contributed by atoms with Crippen LogP contribution in [0.5, 0.6) is 5.75 Å². The van der Waals surface area contributed by atoms with Gasteiger partial charge in [-0.25, -0.2) is 0 Å². The van der Waals surface area contributed by atoms with E-state index in [1.165, 1.54) is 0 Å². The van der Waals surface area contributed by atoms with Gasteiger partial charge in [0, 0.05) is 31.0 Å². The van der Waals surface area contributed by atoms with E-state index in [1.807, 2.05) is 6.92 Å². The van der Waals surface area contributed by atoms with Crippen molar-refractivity contribution in [2.24, 2.45) is 5.92 Å². The van der Waals surface area contributed by atoms with Crippen molar-refractivity contribution in [3.63, 3.8) is 0 Å². The molecule has 7 nitrogen and oxygen atoms in total. The number of aryl methyl sites for hydroxylation is 1. The first-order valence-electron chi connectivity index (χ1n) is 11.9. The predicted molar refractivity (Wildman–Crippen MR) is 133 cm³/mol. The van der Waals surface area contributed by atoms with Gasteiger partial charge in [0.05, 0.1) is 18.2 Å². The third-order valence-corrected chi connectivity index (χ3v) is 6.13. The molecule has 1 fully saturated rings. The molecule has 0 bridgehead atoms. The first-order chi connectivity index (χ1) is 16.3. The Morgan fingerprint density at radius 2 is 1.82 bits per heavy atom. The molecule has 7 heteroatoms. The molecule has 1 N–H and O–H groups in total. The lowest BCUT2D eigenvalue weighted by Gasteiger charge is -2.28. The molecule has 1 aromatic heterocycles. The number of carbonyl (C=O) groups is 2. The Balaban J connectivity index is 2.02. The Morgan fingerprint density at radius 3 is 2.41 bits per heavy atom. The zero-order chi connectivity index (χ0) is 24.8. The van der Waals surface area contributed by atoms with Crippen LogP contribution in [0.25, 0.3) is 5.76 Å². The summed E-state index contributed by atoms with van der Waals surface area (Å²) in [7, 11) is 0. The Labute approximate surface area is 202 Å². The minimum absolute atomic E-state index is 0.103. The zero-order valence-corrected chi connectivity index (χ0v) is 20.7. The lowest BCUT2D eigenvalue weighted by Crippen LogP contribution is -2.38. The molecule has 0 radical (unpaired) electrons. The smallest absolute Gasteiger partial charge is 0.295 e. The molecule has 1 atom stereocenters. The van der Waals surface area contributed by atoms with Gasteiger partial charge in [-0.2, -0.15) is 0 Å². The minimum atomic E-state index is -0.671. The number of carbonyl (C=O) groups excluding carboxylic acids is 2. The van der Waals surface area contributed by atoms with Crippen LogP contribution in [0, 0.1) is 12.8 Å². The van der Waals surface area contributed by atoms with E-state index < -0.39 is 17.7 Å². The lowest BCUT2D eigenvalue weighted by atomic mass is 9.95. The second-order valence-corrected chi connectivity index (χ2v) is 8.99. The Hall–Kier alpha value is -3.19. The van der Waals surface area contributed by atoms with Crippen LogP contribution < -0.4 is 4.74 Å². The fourth-order valence-corrected chi connectivity index (χ4v) is 4.16. The number of rotatable bonds is 10. The van der Waals surface area contributed by atoms with Gasteiger partial charge >= 0.3 is 0 Å². The molecule has 182 valence electrons. The van der Waals surface area contributed by atoms with Crippen molar-refractivity contribution in [3.8, 4) is 5.75 Å². The van der Waals surface area contributed by atoms with Crippen LogP contribution in [0.15, 0.2) is 48.3 Å². The maximum Gasteiger partial charge on any atom is 0.295 e. The number of hydrogen-bond donors (Lipinski definition) is 1. The quantitative estimate of drug-likeness (QED) is 0.322. The third-order valence-electron chi connectivity index (χ3n) is 6.13. The summed E-state index contributed by atoms with van der Waals surface area (Å²) in [6.07, 6.45) is 3.26. The summed E-state index contributed by atoms with van der Waals surface area (Å²) in [6, 6.07) is 8.20. The molecule has 0 unspecified atom stereocenters. The molecular weight excluding hydrogens is 430 g/mol. The number of pyridine rings is 1. The van der Waals surface area contributed by atoms with Crippen molar-refractivity contribution in [2.45, 2.75) is 40.7 Å². The summed E-state index contributed by atoms with van der Waals surface area (Å²) in [5.41, 5.74) is 2.17. The standard InChI is InChI=1S/C27H35N3O4/c1-6-29(7-2)14-15-30-24(20-10-12-28-13-11-20)23(26(32)27(30)33)25(31)21-8-9-22(19(5)16-21)34-17-18(3)4/h8-13,16,18,24,31H,6-7,14-15,17H2,1-5H3/b25-23+/t24-/m1/s1. The summed E-state index contributed by atoms with van der Waals surface area (Å²) in [6.45, 7) is 13.5. The normalized spacial score (nSPS) is 17.7. The van der Waals surface area contributed by atoms with Crippen molar-refractivity contribution in [2.75, 3.05) is 32.8 Å². The van der Waals surface area contributed by atoms with Crippen LogP contribution in [-0.4, -0.2) is 64.4 Å². The molecule has 0 saturated carbocycles. The number of aliphatic hydroxyl groups is 1. The van der Waals surface area contributed by atoms with Crippen LogP contribution in [0.3, 0.4) is 0 Å². The average molecular weight is 466 g/mol.